The minimum Gasteiger partial charge on any atom is -0.406 e. The SMILES string of the molecule is O=C(NCCOCCOCCO)c1cccc(-c2cc(Nc3ccc(OC(F)(F)F)cc3)ncn2)c1. The number of nitrogens with zero attached hydrogens (tertiary/aromatic N) is 2. The summed E-state index contributed by atoms with van der Waals surface area (Å²) >= 11 is 0. The molecule has 12 heteroatoms. The van der Waals surface area contributed by atoms with Gasteiger partial charge in [-0.25, -0.2) is 9.97 Å². The number of aliphatic hydroxyl groups is 1. The molecule has 2 aromatic carbocycles. The molecule has 1 aromatic heterocycles. The molecule has 0 saturated heterocycles. The van der Waals surface area contributed by atoms with Gasteiger partial charge in [-0.15, -0.1) is 13.2 Å². The fourth-order valence-electron chi connectivity index (χ4n) is 3.02. The topological polar surface area (TPSA) is 115 Å². The highest BCUT2D eigenvalue weighted by Crippen LogP contribution is 2.26. The number of nitrogens with one attached hydrogen (secondary N) is 2. The molecule has 3 rings (SSSR count). The van der Waals surface area contributed by atoms with Gasteiger partial charge in [0.2, 0.25) is 0 Å². The van der Waals surface area contributed by atoms with Gasteiger partial charge in [0.15, 0.2) is 0 Å². The van der Waals surface area contributed by atoms with Crippen molar-refractivity contribution in [2.75, 3.05) is 44.9 Å². The lowest BCUT2D eigenvalue weighted by Crippen LogP contribution is -2.27. The van der Waals surface area contributed by atoms with Crippen molar-refractivity contribution in [1.82, 2.24) is 15.3 Å². The number of amides is 1. The van der Waals surface area contributed by atoms with Crippen molar-refractivity contribution in [3.63, 3.8) is 0 Å². The van der Waals surface area contributed by atoms with Crippen LogP contribution >= 0.6 is 0 Å². The summed E-state index contributed by atoms with van der Waals surface area (Å²) in [6, 6.07) is 13.8. The Kier molecular flexibility index (Phi) is 9.98. The number of alkyl halides is 3. The van der Waals surface area contributed by atoms with Gasteiger partial charge in [0.1, 0.15) is 17.9 Å². The molecule has 0 spiro atoms. The minimum atomic E-state index is -4.76. The lowest BCUT2D eigenvalue weighted by molar-refractivity contribution is -0.274. The van der Waals surface area contributed by atoms with E-state index >= 15 is 0 Å². The second-order valence-corrected chi connectivity index (χ2v) is 7.27. The van der Waals surface area contributed by atoms with E-state index in [-0.39, 0.29) is 24.9 Å². The number of hydrogen-bond donors (Lipinski definition) is 3. The number of hydrogen-bond acceptors (Lipinski definition) is 8. The van der Waals surface area contributed by atoms with Crippen LogP contribution in [-0.4, -0.2) is 66.9 Å². The van der Waals surface area contributed by atoms with Crippen LogP contribution in [0.4, 0.5) is 24.7 Å². The maximum absolute atomic E-state index is 12.5. The van der Waals surface area contributed by atoms with E-state index in [0.717, 1.165) is 0 Å². The van der Waals surface area contributed by atoms with Crippen molar-refractivity contribution in [3.05, 3.63) is 66.5 Å². The van der Waals surface area contributed by atoms with Crippen LogP contribution in [0.1, 0.15) is 10.4 Å². The van der Waals surface area contributed by atoms with Crippen molar-refractivity contribution in [2.24, 2.45) is 0 Å². The quantitative estimate of drug-likeness (QED) is 0.302. The molecule has 1 amide bonds. The van der Waals surface area contributed by atoms with Crippen molar-refractivity contribution in [3.8, 4) is 17.0 Å². The van der Waals surface area contributed by atoms with E-state index in [1.165, 1.54) is 30.6 Å². The lowest BCUT2D eigenvalue weighted by Gasteiger charge is -2.11. The van der Waals surface area contributed by atoms with E-state index in [0.29, 0.717) is 54.7 Å². The number of halogens is 3. The first-order chi connectivity index (χ1) is 17.3. The van der Waals surface area contributed by atoms with Gasteiger partial charge >= 0.3 is 6.36 Å². The number of carbonyl (C=O) groups is 1. The zero-order valence-electron chi connectivity index (χ0n) is 19.1. The highest BCUT2D eigenvalue weighted by atomic mass is 19.4. The van der Waals surface area contributed by atoms with Crippen LogP contribution in [0.2, 0.25) is 0 Å². The summed E-state index contributed by atoms with van der Waals surface area (Å²) in [4.78, 5) is 20.9. The molecule has 3 N–H and O–H groups in total. The second-order valence-electron chi connectivity index (χ2n) is 7.27. The molecule has 0 saturated carbocycles. The molecule has 0 aliphatic heterocycles. The number of aromatic nitrogens is 2. The number of carbonyl (C=O) groups excluding carboxylic acids is 1. The molecular weight excluding hydrogens is 481 g/mol. The minimum absolute atomic E-state index is 0.0417. The molecular formula is C24H25F3N4O5. The maximum Gasteiger partial charge on any atom is 0.573 e. The summed E-state index contributed by atoms with van der Waals surface area (Å²) in [5.41, 5.74) is 2.17. The second kappa shape index (κ2) is 13.4. The van der Waals surface area contributed by atoms with Crippen molar-refractivity contribution < 1.29 is 37.3 Å². The van der Waals surface area contributed by atoms with E-state index in [2.05, 4.69) is 25.3 Å². The van der Waals surface area contributed by atoms with Gasteiger partial charge in [0.05, 0.1) is 38.7 Å². The first-order valence-electron chi connectivity index (χ1n) is 10.9. The van der Waals surface area contributed by atoms with Crippen LogP contribution in [0, 0.1) is 0 Å². The summed E-state index contributed by atoms with van der Waals surface area (Å²) < 4.78 is 51.2. The molecule has 0 radical (unpaired) electrons. The molecule has 0 aliphatic carbocycles. The number of ether oxygens (including phenoxy) is 3. The van der Waals surface area contributed by atoms with Gasteiger partial charge in [-0.2, -0.15) is 0 Å². The predicted molar refractivity (Wildman–Crippen MR) is 125 cm³/mol. The summed E-state index contributed by atoms with van der Waals surface area (Å²) in [7, 11) is 0. The highest BCUT2D eigenvalue weighted by Gasteiger charge is 2.30. The molecule has 0 aliphatic rings. The van der Waals surface area contributed by atoms with Gasteiger partial charge < -0.3 is 30.0 Å². The van der Waals surface area contributed by atoms with E-state index in [1.807, 2.05) is 0 Å². The number of aliphatic hydroxyl groups excluding tert-OH is 1. The van der Waals surface area contributed by atoms with Crippen LogP contribution < -0.4 is 15.4 Å². The maximum atomic E-state index is 12.5. The summed E-state index contributed by atoms with van der Waals surface area (Å²) in [6.45, 7) is 1.58. The Balaban J connectivity index is 1.55. The van der Waals surface area contributed by atoms with E-state index in [9.17, 15) is 18.0 Å². The Labute approximate surface area is 205 Å². The Morgan fingerprint density at radius 2 is 1.69 bits per heavy atom. The molecule has 0 atom stereocenters. The fourth-order valence-corrected chi connectivity index (χ4v) is 3.02. The van der Waals surface area contributed by atoms with Crippen LogP contribution in [0.3, 0.4) is 0 Å². The third kappa shape index (κ3) is 9.13. The first-order valence-corrected chi connectivity index (χ1v) is 10.9. The average molecular weight is 506 g/mol. The Bertz CT molecular complexity index is 1110. The molecule has 0 fully saturated rings. The van der Waals surface area contributed by atoms with Gasteiger partial charge in [0, 0.05) is 29.4 Å². The van der Waals surface area contributed by atoms with Crippen LogP contribution in [0.25, 0.3) is 11.3 Å². The monoisotopic (exact) mass is 506 g/mol. The largest absolute Gasteiger partial charge is 0.573 e. The third-order valence-electron chi connectivity index (χ3n) is 4.59. The van der Waals surface area contributed by atoms with Crippen LogP contribution in [0.5, 0.6) is 5.75 Å². The molecule has 36 heavy (non-hydrogen) atoms. The lowest BCUT2D eigenvalue weighted by atomic mass is 10.1. The summed E-state index contributed by atoms with van der Waals surface area (Å²) in [5.74, 6) is -0.185. The van der Waals surface area contributed by atoms with Gasteiger partial charge in [-0.05, 0) is 36.4 Å². The molecule has 192 valence electrons. The highest BCUT2D eigenvalue weighted by molar-refractivity contribution is 5.95. The molecule has 0 bridgehead atoms. The van der Waals surface area contributed by atoms with Crippen molar-refractivity contribution in [2.45, 2.75) is 6.36 Å². The third-order valence-corrected chi connectivity index (χ3v) is 4.59. The zero-order valence-corrected chi connectivity index (χ0v) is 19.1. The summed E-state index contributed by atoms with van der Waals surface area (Å²) in [5, 5.41) is 14.4. The average Bonchev–Trinajstić information content (AvgIpc) is 2.86. The van der Waals surface area contributed by atoms with Gasteiger partial charge in [-0.3, -0.25) is 4.79 Å². The predicted octanol–water partition coefficient (Wildman–Crippen LogP) is 3.54. The first kappa shape index (κ1) is 26.9. The number of rotatable bonds is 13. The van der Waals surface area contributed by atoms with E-state index in [4.69, 9.17) is 14.6 Å². The Morgan fingerprint density at radius 3 is 2.42 bits per heavy atom. The van der Waals surface area contributed by atoms with Gasteiger partial charge in [0.25, 0.3) is 5.91 Å². The smallest absolute Gasteiger partial charge is 0.406 e. The Hall–Kier alpha value is -3.74. The van der Waals surface area contributed by atoms with Crippen LogP contribution in [0.15, 0.2) is 60.9 Å². The fraction of sp³-hybridized carbons (Fsp3) is 0.292. The zero-order chi connectivity index (χ0) is 25.8. The van der Waals surface area contributed by atoms with Crippen molar-refractivity contribution in [1.29, 1.82) is 0 Å². The summed E-state index contributed by atoms with van der Waals surface area (Å²) in [6.07, 6.45) is -3.42. The van der Waals surface area contributed by atoms with E-state index < -0.39 is 6.36 Å². The van der Waals surface area contributed by atoms with Crippen LogP contribution in [-0.2, 0) is 9.47 Å². The van der Waals surface area contributed by atoms with Gasteiger partial charge in [-0.1, -0.05) is 12.1 Å². The molecule has 0 unspecified atom stereocenters. The standard InChI is InChI=1S/C24H25F3N4O5/c25-24(26,27)36-20-6-4-19(5-7-20)31-22-15-21(29-16-30-22)17-2-1-3-18(14-17)23(33)28-8-10-34-12-13-35-11-9-32/h1-7,14-16,32H,8-13H2,(H,28,33)(H,29,30,31). The molecule has 1 heterocycles. The normalized spacial score (nSPS) is 11.2. The van der Waals surface area contributed by atoms with E-state index in [1.54, 1.807) is 30.3 Å². The molecule has 9 nitrogen and oxygen atoms in total. The Morgan fingerprint density at radius 1 is 0.944 bits per heavy atom. The molecule has 3 aromatic rings. The van der Waals surface area contributed by atoms with Crippen molar-refractivity contribution >= 4 is 17.4 Å². The number of anilines is 2. The number of benzene rings is 2.